The topological polar surface area (TPSA) is 136 Å². The van der Waals surface area contributed by atoms with Crippen LogP contribution in [0.2, 0.25) is 0 Å². The molecule has 6 atom stereocenters. The number of aliphatic hydroxyl groups excluding tert-OH is 4. The van der Waals surface area contributed by atoms with Crippen molar-refractivity contribution in [1.82, 2.24) is 0 Å². The van der Waals surface area contributed by atoms with Gasteiger partial charge >= 0.3 is 0 Å². The zero-order valence-corrected chi connectivity index (χ0v) is 9.02. The Bertz CT molecular complexity index is 236. The molecule has 0 aromatic heterocycles. The van der Waals surface area contributed by atoms with Crippen LogP contribution in [0.1, 0.15) is 13.3 Å². The maximum atomic E-state index is 9.64. The average Bonchev–Trinajstić information content (AvgIpc) is 2.20. The largest absolute Gasteiger partial charge is 0.394 e. The number of hydrogen-bond acceptors (Lipinski definition) is 7. The van der Waals surface area contributed by atoms with E-state index >= 15 is 0 Å². The van der Waals surface area contributed by atoms with E-state index in [1.54, 1.807) is 0 Å². The van der Waals surface area contributed by atoms with E-state index in [0.29, 0.717) is 0 Å². The number of ether oxygens (including phenoxy) is 1. The van der Waals surface area contributed by atoms with Crippen LogP contribution in [0.25, 0.3) is 0 Å². The molecule has 7 nitrogen and oxygen atoms in total. The zero-order chi connectivity index (χ0) is 12.5. The van der Waals surface area contributed by atoms with Gasteiger partial charge in [0.05, 0.1) is 18.8 Å². The molecular formula is C9H19NO6. The molecule has 0 unspecified atom stereocenters. The van der Waals surface area contributed by atoms with Crippen LogP contribution in [-0.2, 0) is 4.74 Å². The summed E-state index contributed by atoms with van der Waals surface area (Å²) in [4.78, 5) is 0. The summed E-state index contributed by atoms with van der Waals surface area (Å²) >= 11 is 0. The van der Waals surface area contributed by atoms with Crippen molar-refractivity contribution in [2.45, 2.75) is 49.6 Å². The average molecular weight is 237 g/mol. The lowest BCUT2D eigenvalue weighted by Crippen LogP contribution is -2.63. The van der Waals surface area contributed by atoms with Crippen LogP contribution in [-0.4, -0.2) is 68.4 Å². The van der Waals surface area contributed by atoms with Gasteiger partial charge in [-0.05, 0) is 6.92 Å². The molecule has 0 aromatic carbocycles. The van der Waals surface area contributed by atoms with Gasteiger partial charge in [0.1, 0.15) is 18.3 Å². The van der Waals surface area contributed by atoms with Crippen molar-refractivity contribution in [2.75, 3.05) is 6.61 Å². The van der Waals surface area contributed by atoms with Gasteiger partial charge < -0.3 is 36.0 Å². The van der Waals surface area contributed by atoms with Crippen LogP contribution in [0, 0.1) is 0 Å². The van der Waals surface area contributed by atoms with Gasteiger partial charge in [0, 0.05) is 6.42 Å². The minimum Gasteiger partial charge on any atom is -0.394 e. The second-order valence-corrected chi connectivity index (χ2v) is 4.35. The molecule has 0 radical (unpaired) electrons. The summed E-state index contributed by atoms with van der Waals surface area (Å²) in [6.07, 6.45) is -5.17. The lowest BCUT2D eigenvalue weighted by atomic mass is 9.90. The highest BCUT2D eigenvalue weighted by Gasteiger charge is 2.45. The monoisotopic (exact) mass is 237 g/mol. The maximum absolute atomic E-state index is 9.64. The van der Waals surface area contributed by atoms with E-state index in [-0.39, 0.29) is 6.42 Å². The highest BCUT2D eigenvalue weighted by molar-refractivity contribution is 4.95. The molecule has 0 spiro atoms. The van der Waals surface area contributed by atoms with E-state index in [4.69, 9.17) is 15.6 Å². The minimum atomic E-state index is -1.61. The number of nitrogens with two attached hydrogens (primary N) is 1. The predicted octanol–water partition coefficient (Wildman–Crippen LogP) is -3.11. The summed E-state index contributed by atoms with van der Waals surface area (Å²) in [7, 11) is 0. The Hall–Kier alpha value is -0.280. The fourth-order valence-corrected chi connectivity index (χ4v) is 1.79. The SMILES string of the molecule is C[C@]1(O)C[C@H](O)[C@@H](N)[C@H]([C@@H](O)[C@H](O)CO)O1. The molecular weight excluding hydrogens is 218 g/mol. The Kier molecular flexibility index (Phi) is 4.24. The zero-order valence-electron chi connectivity index (χ0n) is 9.02. The molecule has 96 valence electrons. The second-order valence-electron chi connectivity index (χ2n) is 4.35. The van der Waals surface area contributed by atoms with Crippen LogP contribution < -0.4 is 5.73 Å². The van der Waals surface area contributed by atoms with Crippen molar-refractivity contribution < 1.29 is 30.3 Å². The Balaban J connectivity index is 2.77. The van der Waals surface area contributed by atoms with Crippen LogP contribution in [0.4, 0.5) is 0 Å². The van der Waals surface area contributed by atoms with E-state index < -0.39 is 42.9 Å². The van der Waals surface area contributed by atoms with Crippen molar-refractivity contribution in [3.8, 4) is 0 Å². The maximum Gasteiger partial charge on any atom is 0.165 e. The van der Waals surface area contributed by atoms with E-state index in [2.05, 4.69) is 0 Å². The van der Waals surface area contributed by atoms with Crippen LogP contribution in [0.5, 0.6) is 0 Å². The van der Waals surface area contributed by atoms with Gasteiger partial charge in [-0.1, -0.05) is 0 Å². The molecule has 1 saturated heterocycles. The molecule has 1 aliphatic heterocycles. The third kappa shape index (κ3) is 2.89. The lowest BCUT2D eigenvalue weighted by Gasteiger charge is -2.43. The first kappa shape index (κ1) is 13.8. The molecule has 0 aliphatic carbocycles. The summed E-state index contributed by atoms with van der Waals surface area (Å²) in [6.45, 7) is 0.666. The van der Waals surface area contributed by atoms with E-state index in [0.717, 1.165) is 0 Å². The Morgan fingerprint density at radius 3 is 2.56 bits per heavy atom. The summed E-state index contributed by atoms with van der Waals surface area (Å²) < 4.78 is 5.09. The lowest BCUT2D eigenvalue weighted by molar-refractivity contribution is -0.289. The van der Waals surface area contributed by atoms with E-state index in [9.17, 15) is 20.4 Å². The molecule has 16 heavy (non-hydrogen) atoms. The molecule has 7 N–H and O–H groups in total. The highest BCUT2D eigenvalue weighted by atomic mass is 16.6. The van der Waals surface area contributed by atoms with Crippen molar-refractivity contribution in [3.05, 3.63) is 0 Å². The van der Waals surface area contributed by atoms with Gasteiger partial charge in [0.2, 0.25) is 0 Å². The second kappa shape index (κ2) is 4.92. The summed E-state index contributed by atoms with van der Waals surface area (Å²) in [5.41, 5.74) is 5.60. The molecule has 1 rings (SSSR count). The van der Waals surface area contributed by atoms with Gasteiger partial charge in [-0.25, -0.2) is 0 Å². The Morgan fingerprint density at radius 2 is 2.06 bits per heavy atom. The first-order chi connectivity index (χ1) is 7.28. The third-order valence-corrected chi connectivity index (χ3v) is 2.72. The summed E-state index contributed by atoms with van der Waals surface area (Å²) in [6, 6.07) is -0.934. The molecule has 0 saturated carbocycles. The highest BCUT2D eigenvalue weighted by Crippen LogP contribution is 2.28. The van der Waals surface area contributed by atoms with Crippen molar-refractivity contribution in [1.29, 1.82) is 0 Å². The van der Waals surface area contributed by atoms with Gasteiger partial charge in [0.15, 0.2) is 5.79 Å². The van der Waals surface area contributed by atoms with Gasteiger partial charge in [-0.2, -0.15) is 0 Å². The molecule has 1 aliphatic rings. The van der Waals surface area contributed by atoms with Crippen molar-refractivity contribution >= 4 is 0 Å². The molecule has 0 bridgehead atoms. The Labute approximate surface area is 93.1 Å². The van der Waals surface area contributed by atoms with Gasteiger partial charge in [0.25, 0.3) is 0 Å². The molecule has 0 aromatic rings. The van der Waals surface area contributed by atoms with Gasteiger partial charge in [-0.3, -0.25) is 0 Å². The van der Waals surface area contributed by atoms with E-state index in [1.165, 1.54) is 6.92 Å². The third-order valence-electron chi connectivity index (χ3n) is 2.72. The van der Waals surface area contributed by atoms with Crippen LogP contribution in [0.15, 0.2) is 0 Å². The van der Waals surface area contributed by atoms with Crippen molar-refractivity contribution in [3.63, 3.8) is 0 Å². The fraction of sp³-hybridized carbons (Fsp3) is 1.00. The van der Waals surface area contributed by atoms with Crippen molar-refractivity contribution in [2.24, 2.45) is 5.73 Å². The van der Waals surface area contributed by atoms with Crippen LogP contribution in [0.3, 0.4) is 0 Å². The predicted molar refractivity (Wildman–Crippen MR) is 53.2 cm³/mol. The molecule has 1 fully saturated rings. The molecule has 1 heterocycles. The molecule has 7 heteroatoms. The number of hydrogen-bond donors (Lipinski definition) is 6. The smallest absolute Gasteiger partial charge is 0.165 e. The number of aliphatic hydroxyl groups is 5. The minimum absolute atomic E-state index is 0.0768. The quantitative estimate of drug-likeness (QED) is 0.305. The number of rotatable bonds is 3. The summed E-state index contributed by atoms with van der Waals surface area (Å²) in [5, 5.41) is 46.8. The van der Waals surface area contributed by atoms with Crippen LogP contribution >= 0.6 is 0 Å². The normalized spacial score (nSPS) is 44.1. The Morgan fingerprint density at radius 1 is 1.50 bits per heavy atom. The first-order valence-electron chi connectivity index (χ1n) is 5.09. The molecule has 0 amide bonds. The van der Waals surface area contributed by atoms with Gasteiger partial charge in [-0.15, -0.1) is 0 Å². The standard InChI is InChI=1S/C9H19NO6/c1-9(15)2-4(12)6(10)8(16-9)7(14)5(13)3-11/h4-8,11-15H,2-3,10H2,1H3/t4-,5+,6+,7-,8+,9+/m0/s1. The first-order valence-corrected chi connectivity index (χ1v) is 5.09. The van der Waals surface area contributed by atoms with E-state index in [1.807, 2.05) is 0 Å². The fourth-order valence-electron chi connectivity index (χ4n) is 1.79. The summed E-state index contributed by atoms with van der Waals surface area (Å²) in [5.74, 6) is -1.61.